The third-order valence-corrected chi connectivity index (χ3v) is 3.14. The van der Waals surface area contributed by atoms with Crippen LogP contribution >= 0.6 is 0 Å². The maximum atomic E-state index is 13.2. The van der Waals surface area contributed by atoms with Crippen LogP contribution in [-0.4, -0.2) is 15.9 Å². The Morgan fingerprint density at radius 2 is 2.05 bits per heavy atom. The van der Waals surface area contributed by atoms with E-state index in [9.17, 15) is 9.18 Å². The van der Waals surface area contributed by atoms with Crippen LogP contribution in [0.15, 0.2) is 48.7 Å². The fourth-order valence-corrected chi connectivity index (χ4v) is 1.99. The number of hydrogen-bond donors (Lipinski definition) is 1. The van der Waals surface area contributed by atoms with E-state index in [0.717, 1.165) is 10.9 Å². The van der Waals surface area contributed by atoms with Gasteiger partial charge in [0.05, 0.1) is 0 Å². The number of amides is 1. The van der Waals surface area contributed by atoms with E-state index in [1.165, 1.54) is 12.1 Å². The molecule has 0 bridgehead atoms. The number of rotatable bonds is 2. The Labute approximate surface area is 120 Å². The SMILES string of the molecule is Cc1ccc(F)cc1NC(=O)c1ccc2cccnc2n1. The van der Waals surface area contributed by atoms with E-state index in [4.69, 9.17) is 0 Å². The zero-order chi connectivity index (χ0) is 14.8. The Kier molecular flexibility index (Phi) is 3.31. The molecule has 0 fully saturated rings. The van der Waals surface area contributed by atoms with Crippen molar-refractivity contribution in [3.8, 4) is 0 Å². The number of benzene rings is 1. The van der Waals surface area contributed by atoms with Crippen molar-refractivity contribution in [1.82, 2.24) is 9.97 Å². The molecule has 0 aliphatic heterocycles. The first-order valence-electron chi connectivity index (χ1n) is 6.43. The topological polar surface area (TPSA) is 54.9 Å². The molecule has 1 N–H and O–H groups in total. The molecular weight excluding hydrogens is 269 g/mol. The number of fused-ring (bicyclic) bond motifs is 1. The summed E-state index contributed by atoms with van der Waals surface area (Å²) in [4.78, 5) is 20.5. The monoisotopic (exact) mass is 281 g/mol. The number of carbonyl (C=O) groups is 1. The van der Waals surface area contributed by atoms with Crippen LogP contribution in [0.25, 0.3) is 11.0 Å². The average Bonchev–Trinajstić information content (AvgIpc) is 2.50. The van der Waals surface area contributed by atoms with Crippen molar-refractivity contribution in [2.24, 2.45) is 0 Å². The second-order valence-corrected chi connectivity index (χ2v) is 4.66. The molecule has 0 aliphatic carbocycles. The summed E-state index contributed by atoms with van der Waals surface area (Å²) >= 11 is 0. The third-order valence-electron chi connectivity index (χ3n) is 3.14. The van der Waals surface area contributed by atoms with Crippen LogP contribution in [-0.2, 0) is 0 Å². The number of aryl methyl sites for hydroxylation is 1. The molecule has 1 aromatic carbocycles. The van der Waals surface area contributed by atoms with Crippen LogP contribution in [0.5, 0.6) is 0 Å². The highest BCUT2D eigenvalue weighted by Gasteiger charge is 2.11. The minimum Gasteiger partial charge on any atom is -0.320 e. The lowest BCUT2D eigenvalue weighted by Gasteiger charge is -2.08. The van der Waals surface area contributed by atoms with E-state index in [1.807, 2.05) is 6.07 Å². The number of halogens is 1. The first kappa shape index (κ1) is 13.2. The molecule has 4 nitrogen and oxygen atoms in total. The predicted molar refractivity (Wildman–Crippen MR) is 78.6 cm³/mol. The van der Waals surface area contributed by atoms with Gasteiger partial charge in [-0.3, -0.25) is 4.79 Å². The van der Waals surface area contributed by atoms with Gasteiger partial charge in [-0.15, -0.1) is 0 Å². The number of aromatic nitrogens is 2. The van der Waals surface area contributed by atoms with Gasteiger partial charge >= 0.3 is 0 Å². The van der Waals surface area contributed by atoms with Gasteiger partial charge in [0.15, 0.2) is 5.65 Å². The molecule has 0 atom stereocenters. The van der Waals surface area contributed by atoms with Crippen LogP contribution in [0.4, 0.5) is 10.1 Å². The standard InChI is InChI=1S/C16H12FN3O/c1-10-4-6-12(17)9-14(10)20-16(21)13-7-5-11-3-2-8-18-15(11)19-13/h2-9H,1H3,(H,20,21). The van der Waals surface area contributed by atoms with Gasteiger partial charge in [-0.2, -0.15) is 0 Å². The summed E-state index contributed by atoms with van der Waals surface area (Å²) < 4.78 is 13.2. The fourth-order valence-electron chi connectivity index (χ4n) is 1.99. The molecule has 5 heteroatoms. The van der Waals surface area contributed by atoms with Crippen molar-refractivity contribution < 1.29 is 9.18 Å². The second kappa shape index (κ2) is 5.28. The van der Waals surface area contributed by atoms with Crippen molar-refractivity contribution in [3.05, 3.63) is 65.7 Å². The minimum atomic E-state index is -0.399. The van der Waals surface area contributed by atoms with Gasteiger partial charge < -0.3 is 5.32 Å². The average molecular weight is 281 g/mol. The van der Waals surface area contributed by atoms with E-state index in [0.29, 0.717) is 11.3 Å². The highest BCUT2D eigenvalue weighted by Crippen LogP contribution is 2.17. The highest BCUT2D eigenvalue weighted by molar-refractivity contribution is 6.04. The van der Waals surface area contributed by atoms with Gasteiger partial charge in [-0.25, -0.2) is 14.4 Å². The molecule has 21 heavy (non-hydrogen) atoms. The molecule has 3 rings (SSSR count). The zero-order valence-electron chi connectivity index (χ0n) is 11.3. The smallest absolute Gasteiger partial charge is 0.274 e. The molecule has 0 spiro atoms. The van der Waals surface area contributed by atoms with E-state index in [2.05, 4.69) is 15.3 Å². The molecule has 0 aliphatic rings. The Balaban J connectivity index is 1.91. The maximum Gasteiger partial charge on any atom is 0.274 e. The molecule has 3 aromatic rings. The van der Waals surface area contributed by atoms with Crippen molar-refractivity contribution in [2.75, 3.05) is 5.32 Å². The zero-order valence-corrected chi connectivity index (χ0v) is 11.3. The van der Waals surface area contributed by atoms with E-state index in [-0.39, 0.29) is 5.69 Å². The highest BCUT2D eigenvalue weighted by atomic mass is 19.1. The Morgan fingerprint density at radius 1 is 1.19 bits per heavy atom. The van der Waals surface area contributed by atoms with Crippen LogP contribution in [0, 0.1) is 12.7 Å². The summed E-state index contributed by atoms with van der Waals surface area (Å²) in [6.45, 7) is 1.80. The summed E-state index contributed by atoms with van der Waals surface area (Å²) in [7, 11) is 0. The molecule has 1 amide bonds. The van der Waals surface area contributed by atoms with Gasteiger partial charge in [-0.1, -0.05) is 6.07 Å². The number of nitrogens with zero attached hydrogens (tertiary/aromatic N) is 2. The first-order valence-corrected chi connectivity index (χ1v) is 6.43. The van der Waals surface area contributed by atoms with Crippen LogP contribution in [0.1, 0.15) is 16.1 Å². The van der Waals surface area contributed by atoms with Gasteiger partial charge in [0.1, 0.15) is 11.5 Å². The molecule has 0 saturated carbocycles. The quantitative estimate of drug-likeness (QED) is 0.784. The summed E-state index contributed by atoms with van der Waals surface area (Å²) in [6, 6.07) is 11.3. The number of anilines is 1. The van der Waals surface area contributed by atoms with Crippen LogP contribution < -0.4 is 5.32 Å². The lowest BCUT2D eigenvalue weighted by molar-refractivity contribution is 0.102. The first-order chi connectivity index (χ1) is 10.1. The lowest BCUT2D eigenvalue weighted by atomic mass is 10.2. The van der Waals surface area contributed by atoms with E-state index >= 15 is 0 Å². The molecule has 104 valence electrons. The molecular formula is C16H12FN3O. The van der Waals surface area contributed by atoms with Gasteiger partial charge in [0.2, 0.25) is 0 Å². The van der Waals surface area contributed by atoms with Gasteiger partial charge in [0.25, 0.3) is 5.91 Å². The van der Waals surface area contributed by atoms with Crippen molar-refractivity contribution in [3.63, 3.8) is 0 Å². The van der Waals surface area contributed by atoms with E-state index in [1.54, 1.807) is 37.4 Å². The molecule has 0 radical (unpaired) electrons. The van der Waals surface area contributed by atoms with Crippen LogP contribution in [0.2, 0.25) is 0 Å². The number of hydrogen-bond acceptors (Lipinski definition) is 3. The Hall–Kier alpha value is -2.82. The largest absolute Gasteiger partial charge is 0.320 e. The van der Waals surface area contributed by atoms with Gasteiger partial charge in [0, 0.05) is 17.3 Å². The maximum absolute atomic E-state index is 13.2. The predicted octanol–water partition coefficient (Wildman–Crippen LogP) is 3.33. The molecule has 2 heterocycles. The van der Waals surface area contributed by atoms with E-state index < -0.39 is 11.7 Å². The number of pyridine rings is 2. The Morgan fingerprint density at radius 3 is 2.90 bits per heavy atom. The minimum absolute atomic E-state index is 0.241. The normalized spacial score (nSPS) is 10.6. The van der Waals surface area contributed by atoms with Gasteiger partial charge in [-0.05, 0) is 48.9 Å². The van der Waals surface area contributed by atoms with Crippen molar-refractivity contribution >= 4 is 22.6 Å². The summed E-state index contributed by atoms with van der Waals surface area (Å²) in [5.41, 5.74) is 1.96. The van der Waals surface area contributed by atoms with Crippen molar-refractivity contribution in [2.45, 2.75) is 6.92 Å². The summed E-state index contributed by atoms with van der Waals surface area (Å²) in [5.74, 6) is -0.791. The molecule has 2 aromatic heterocycles. The fraction of sp³-hybridized carbons (Fsp3) is 0.0625. The summed E-state index contributed by atoms with van der Waals surface area (Å²) in [5, 5.41) is 3.52. The lowest BCUT2D eigenvalue weighted by Crippen LogP contribution is -2.14. The number of nitrogens with one attached hydrogen (secondary N) is 1. The number of carbonyl (C=O) groups excluding carboxylic acids is 1. The second-order valence-electron chi connectivity index (χ2n) is 4.66. The van der Waals surface area contributed by atoms with Crippen LogP contribution in [0.3, 0.4) is 0 Å². The third kappa shape index (κ3) is 2.72. The van der Waals surface area contributed by atoms with Crippen molar-refractivity contribution in [1.29, 1.82) is 0 Å². The molecule has 0 saturated heterocycles. The summed E-state index contributed by atoms with van der Waals surface area (Å²) in [6.07, 6.45) is 1.62. The molecule has 0 unspecified atom stereocenters. The Bertz CT molecular complexity index is 833.